The highest BCUT2D eigenvalue weighted by atomic mass is 35.5. The van der Waals surface area contributed by atoms with E-state index in [9.17, 15) is 0 Å². The zero-order chi connectivity index (χ0) is 10.8. The van der Waals surface area contributed by atoms with Gasteiger partial charge in [0.1, 0.15) is 0 Å². The lowest BCUT2D eigenvalue weighted by Gasteiger charge is -2.37. The Morgan fingerprint density at radius 3 is 2.82 bits per heavy atom. The molecule has 0 spiro atoms. The predicted molar refractivity (Wildman–Crippen MR) is 73.5 cm³/mol. The van der Waals surface area contributed by atoms with Crippen molar-refractivity contribution in [1.29, 1.82) is 0 Å². The van der Waals surface area contributed by atoms with Gasteiger partial charge in [-0.1, -0.05) is 30.3 Å². The standard InChI is InChI=1S/C14H20N2.ClH/c1-2-5-12(6-3-1)11-16-8-4-7-13-9-15-10-14(13)16;/h1-3,5-6,13-15H,4,7-11H2;1H. The number of nitrogens with one attached hydrogen (secondary N) is 1. The van der Waals surface area contributed by atoms with Crippen LogP contribution < -0.4 is 5.32 Å². The minimum Gasteiger partial charge on any atom is -0.315 e. The van der Waals surface area contributed by atoms with Gasteiger partial charge in [0.15, 0.2) is 0 Å². The summed E-state index contributed by atoms with van der Waals surface area (Å²) in [4.78, 5) is 2.67. The van der Waals surface area contributed by atoms with Gasteiger partial charge in [0.05, 0.1) is 0 Å². The molecule has 0 bridgehead atoms. The van der Waals surface area contributed by atoms with Crippen molar-refractivity contribution in [2.45, 2.75) is 25.4 Å². The Labute approximate surface area is 110 Å². The molecule has 2 nitrogen and oxygen atoms in total. The first kappa shape index (κ1) is 12.9. The second-order valence-electron chi connectivity index (χ2n) is 5.08. The Morgan fingerprint density at radius 2 is 2.00 bits per heavy atom. The van der Waals surface area contributed by atoms with Crippen molar-refractivity contribution >= 4 is 12.4 Å². The molecule has 1 aromatic rings. The van der Waals surface area contributed by atoms with Gasteiger partial charge in [-0.2, -0.15) is 0 Å². The minimum atomic E-state index is 0. The maximum absolute atomic E-state index is 3.54. The summed E-state index contributed by atoms with van der Waals surface area (Å²) in [7, 11) is 0. The Kier molecular flexibility index (Phi) is 4.43. The zero-order valence-electron chi connectivity index (χ0n) is 10.1. The third-order valence-corrected chi connectivity index (χ3v) is 4.02. The van der Waals surface area contributed by atoms with Gasteiger partial charge in [0.2, 0.25) is 0 Å². The molecular weight excluding hydrogens is 232 g/mol. The molecule has 2 fully saturated rings. The average Bonchev–Trinajstić information content (AvgIpc) is 2.80. The summed E-state index contributed by atoms with van der Waals surface area (Å²) in [5, 5.41) is 3.54. The summed E-state index contributed by atoms with van der Waals surface area (Å²) < 4.78 is 0. The highest BCUT2D eigenvalue weighted by molar-refractivity contribution is 5.85. The van der Waals surface area contributed by atoms with Crippen LogP contribution in [0, 0.1) is 5.92 Å². The van der Waals surface area contributed by atoms with Crippen LogP contribution in [0.25, 0.3) is 0 Å². The number of piperidine rings is 1. The molecule has 0 radical (unpaired) electrons. The summed E-state index contributed by atoms with van der Waals surface area (Å²) in [6, 6.07) is 11.7. The second-order valence-corrected chi connectivity index (χ2v) is 5.08. The molecule has 0 aliphatic carbocycles. The van der Waals surface area contributed by atoms with Crippen molar-refractivity contribution < 1.29 is 0 Å². The lowest BCUT2D eigenvalue weighted by atomic mass is 9.92. The van der Waals surface area contributed by atoms with E-state index < -0.39 is 0 Å². The highest BCUT2D eigenvalue weighted by Crippen LogP contribution is 2.27. The van der Waals surface area contributed by atoms with E-state index >= 15 is 0 Å². The number of likely N-dealkylation sites (tertiary alicyclic amines) is 1. The average molecular weight is 253 g/mol. The fourth-order valence-electron chi connectivity index (χ4n) is 3.18. The number of fused-ring (bicyclic) bond motifs is 1. The minimum absolute atomic E-state index is 0. The fraction of sp³-hybridized carbons (Fsp3) is 0.571. The van der Waals surface area contributed by atoms with Crippen LogP contribution in [0.1, 0.15) is 18.4 Å². The molecule has 0 saturated carbocycles. The molecule has 2 unspecified atom stereocenters. The summed E-state index contributed by atoms with van der Waals surface area (Å²) >= 11 is 0. The van der Waals surface area contributed by atoms with Crippen molar-refractivity contribution in [3.8, 4) is 0 Å². The molecule has 0 amide bonds. The quantitative estimate of drug-likeness (QED) is 0.869. The van der Waals surface area contributed by atoms with Gasteiger partial charge < -0.3 is 5.32 Å². The first-order chi connectivity index (χ1) is 7.93. The Balaban J connectivity index is 0.00000108. The largest absolute Gasteiger partial charge is 0.315 e. The Morgan fingerprint density at radius 1 is 1.18 bits per heavy atom. The summed E-state index contributed by atoms with van der Waals surface area (Å²) in [5.74, 6) is 0.900. The van der Waals surface area contributed by atoms with Crippen molar-refractivity contribution in [2.75, 3.05) is 19.6 Å². The Hall–Kier alpha value is -0.570. The van der Waals surface area contributed by atoms with E-state index in [-0.39, 0.29) is 12.4 Å². The summed E-state index contributed by atoms with van der Waals surface area (Å²) in [6.45, 7) is 4.83. The molecule has 17 heavy (non-hydrogen) atoms. The predicted octanol–water partition coefficient (Wildman–Crippen LogP) is 2.29. The molecule has 1 aromatic carbocycles. The molecule has 3 rings (SSSR count). The highest BCUT2D eigenvalue weighted by Gasteiger charge is 2.34. The third-order valence-electron chi connectivity index (χ3n) is 4.02. The number of rotatable bonds is 2. The Bertz CT molecular complexity index is 341. The normalized spacial score (nSPS) is 28.5. The topological polar surface area (TPSA) is 15.3 Å². The molecule has 2 saturated heterocycles. The zero-order valence-corrected chi connectivity index (χ0v) is 11.0. The molecule has 94 valence electrons. The first-order valence-electron chi connectivity index (χ1n) is 6.42. The number of benzene rings is 1. The van der Waals surface area contributed by atoms with E-state index in [1.54, 1.807) is 0 Å². The van der Waals surface area contributed by atoms with E-state index in [4.69, 9.17) is 0 Å². The first-order valence-corrected chi connectivity index (χ1v) is 6.42. The number of hydrogen-bond acceptors (Lipinski definition) is 2. The van der Waals surface area contributed by atoms with Gasteiger partial charge in [0.25, 0.3) is 0 Å². The van der Waals surface area contributed by atoms with Gasteiger partial charge in [-0.15, -0.1) is 12.4 Å². The van der Waals surface area contributed by atoms with Gasteiger partial charge >= 0.3 is 0 Å². The molecule has 1 N–H and O–H groups in total. The van der Waals surface area contributed by atoms with Crippen LogP contribution in [0.2, 0.25) is 0 Å². The molecule has 2 aliphatic rings. The van der Waals surface area contributed by atoms with Gasteiger partial charge in [-0.3, -0.25) is 4.90 Å². The number of halogens is 1. The molecule has 2 aliphatic heterocycles. The molecule has 3 heteroatoms. The van der Waals surface area contributed by atoms with E-state index in [1.165, 1.54) is 38.0 Å². The van der Waals surface area contributed by atoms with Crippen molar-refractivity contribution in [1.82, 2.24) is 10.2 Å². The smallest absolute Gasteiger partial charge is 0.0264 e. The van der Waals surface area contributed by atoms with Crippen LogP contribution in [0.3, 0.4) is 0 Å². The SMILES string of the molecule is Cl.c1ccc(CN2CCCC3CNCC32)cc1. The fourth-order valence-corrected chi connectivity index (χ4v) is 3.18. The third kappa shape index (κ3) is 2.82. The van der Waals surface area contributed by atoms with Crippen LogP contribution in [-0.2, 0) is 6.54 Å². The van der Waals surface area contributed by atoms with Crippen molar-refractivity contribution in [3.05, 3.63) is 35.9 Å². The van der Waals surface area contributed by atoms with Gasteiger partial charge in [0, 0.05) is 19.1 Å². The monoisotopic (exact) mass is 252 g/mol. The van der Waals surface area contributed by atoms with Gasteiger partial charge in [-0.05, 0) is 37.4 Å². The van der Waals surface area contributed by atoms with Crippen LogP contribution in [0.5, 0.6) is 0 Å². The lowest BCUT2D eigenvalue weighted by Crippen LogP contribution is -2.44. The lowest BCUT2D eigenvalue weighted by molar-refractivity contribution is 0.117. The number of hydrogen-bond donors (Lipinski definition) is 1. The summed E-state index contributed by atoms with van der Waals surface area (Å²) in [6.07, 6.45) is 2.79. The maximum Gasteiger partial charge on any atom is 0.0264 e. The van der Waals surface area contributed by atoms with Gasteiger partial charge in [-0.25, -0.2) is 0 Å². The molecule has 0 aromatic heterocycles. The van der Waals surface area contributed by atoms with Crippen molar-refractivity contribution in [2.24, 2.45) is 5.92 Å². The molecule has 2 atom stereocenters. The van der Waals surface area contributed by atoms with Crippen LogP contribution >= 0.6 is 12.4 Å². The molecule has 2 heterocycles. The van der Waals surface area contributed by atoms with Crippen LogP contribution in [0.15, 0.2) is 30.3 Å². The van der Waals surface area contributed by atoms with E-state index in [0.717, 1.165) is 18.5 Å². The number of nitrogens with zero attached hydrogens (tertiary/aromatic N) is 1. The summed E-state index contributed by atoms with van der Waals surface area (Å²) in [5.41, 5.74) is 1.45. The van der Waals surface area contributed by atoms with E-state index in [0.29, 0.717) is 0 Å². The van der Waals surface area contributed by atoms with E-state index in [2.05, 4.69) is 40.5 Å². The van der Waals surface area contributed by atoms with Crippen molar-refractivity contribution in [3.63, 3.8) is 0 Å². The van der Waals surface area contributed by atoms with Crippen LogP contribution in [0.4, 0.5) is 0 Å². The van der Waals surface area contributed by atoms with Crippen LogP contribution in [-0.4, -0.2) is 30.6 Å². The molecular formula is C14H21ClN2. The second kappa shape index (κ2) is 5.85. The maximum atomic E-state index is 3.54. The van der Waals surface area contributed by atoms with E-state index in [1.807, 2.05) is 0 Å².